The number of carbonyl (C=O) groups excluding carboxylic acids is 1. The first-order valence-electron chi connectivity index (χ1n) is 10.1. The Balaban J connectivity index is 1.58. The van der Waals surface area contributed by atoms with Crippen LogP contribution in [-0.2, 0) is 14.8 Å². The molecule has 0 radical (unpaired) electrons. The maximum atomic E-state index is 13.0. The number of nitrogens with one attached hydrogen (secondary N) is 1. The van der Waals surface area contributed by atoms with Gasteiger partial charge in [0, 0.05) is 25.7 Å². The van der Waals surface area contributed by atoms with Gasteiger partial charge in [-0.3, -0.25) is 14.9 Å². The molecule has 0 aromatic heterocycles. The second-order valence-electron chi connectivity index (χ2n) is 7.62. The minimum atomic E-state index is -4.04. The van der Waals surface area contributed by atoms with Crippen LogP contribution in [-0.4, -0.2) is 67.7 Å². The van der Waals surface area contributed by atoms with Gasteiger partial charge in [-0.2, -0.15) is 4.31 Å². The van der Waals surface area contributed by atoms with Crippen LogP contribution in [0.4, 0.5) is 5.69 Å². The lowest BCUT2D eigenvalue weighted by Gasteiger charge is -2.31. The zero-order chi connectivity index (χ0) is 20.9. The van der Waals surface area contributed by atoms with Crippen LogP contribution in [0.25, 0.3) is 0 Å². The number of nitro benzene ring substituents is 1. The van der Waals surface area contributed by atoms with Gasteiger partial charge in [-0.1, -0.05) is 12.1 Å². The molecule has 1 unspecified atom stereocenters. The van der Waals surface area contributed by atoms with E-state index in [2.05, 4.69) is 10.2 Å². The molecule has 0 bridgehead atoms. The quantitative estimate of drug-likeness (QED) is 0.385. The minimum Gasteiger partial charge on any atom is -0.356 e. The SMILES string of the molecule is O=C(NCCCN1CCCC1)C1CCCN(S(=O)(=O)c2ccccc2[N+](=O)[O-])C1. The van der Waals surface area contributed by atoms with Crippen LogP contribution in [0.3, 0.4) is 0 Å². The average Bonchev–Trinajstić information content (AvgIpc) is 3.24. The Kier molecular flexibility index (Phi) is 7.20. The molecule has 2 fully saturated rings. The number of sulfonamides is 1. The number of likely N-dealkylation sites (tertiary alicyclic amines) is 1. The molecule has 9 nitrogen and oxygen atoms in total. The summed E-state index contributed by atoms with van der Waals surface area (Å²) < 4.78 is 27.1. The molecule has 2 saturated heterocycles. The molecule has 10 heteroatoms. The highest BCUT2D eigenvalue weighted by atomic mass is 32.2. The summed E-state index contributed by atoms with van der Waals surface area (Å²) in [6.45, 7) is 4.08. The van der Waals surface area contributed by atoms with Crippen LogP contribution >= 0.6 is 0 Å². The Bertz CT molecular complexity index is 839. The minimum absolute atomic E-state index is 0.0480. The number of hydrogen-bond donors (Lipinski definition) is 1. The number of benzene rings is 1. The highest BCUT2D eigenvalue weighted by Crippen LogP contribution is 2.29. The zero-order valence-corrected chi connectivity index (χ0v) is 17.3. The van der Waals surface area contributed by atoms with E-state index in [0.717, 1.165) is 26.1 Å². The Morgan fingerprint density at radius 2 is 1.90 bits per heavy atom. The Labute approximate surface area is 171 Å². The molecular weight excluding hydrogens is 396 g/mol. The number of carbonyl (C=O) groups is 1. The third-order valence-electron chi connectivity index (χ3n) is 5.58. The second kappa shape index (κ2) is 9.64. The Morgan fingerprint density at radius 3 is 2.62 bits per heavy atom. The number of rotatable bonds is 8. The summed E-state index contributed by atoms with van der Waals surface area (Å²) in [4.78, 5) is 25.1. The third-order valence-corrected chi connectivity index (χ3v) is 7.50. The predicted molar refractivity (Wildman–Crippen MR) is 108 cm³/mol. The van der Waals surface area contributed by atoms with E-state index in [0.29, 0.717) is 19.4 Å². The fourth-order valence-electron chi connectivity index (χ4n) is 4.00. The normalized spacial score (nSPS) is 21.2. The van der Waals surface area contributed by atoms with Gasteiger partial charge in [0.1, 0.15) is 0 Å². The van der Waals surface area contributed by atoms with Crippen LogP contribution in [0.2, 0.25) is 0 Å². The molecule has 29 heavy (non-hydrogen) atoms. The Hall–Kier alpha value is -2.04. The first-order valence-corrected chi connectivity index (χ1v) is 11.6. The monoisotopic (exact) mass is 424 g/mol. The first kappa shape index (κ1) is 21.7. The van der Waals surface area contributed by atoms with Crippen molar-refractivity contribution in [3.63, 3.8) is 0 Å². The van der Waals surface area contributed by atoms with Crippen molar-refractivity contribution in [2.75, 3.05) is 39.3 Å². The van der Waals surface area contributed by atoms with E-state index in [4.69, 9.17) is 0 Å². The fraction of sp³-hybridized carbons (Fsp3) is 0.632. The summed E-state index contributed by atoms with van der Waals surface area (Å²) in [6, 6.07) is 5.33. The molecule has 1 aromatic rings. The fourth-order valence-corrected chi connectivity index (χ4v) is 5.69. The van der Waals surface area contributed by atoms with Crippen molar-refractivity contribution in [3.8, 4) is 0 Å². The van der Waals surface area contributed by atoms with Crippen molar-refractivity contribution in [3.05, 3.63) is 34.4 Å². The maximum absolute atomic E-state index is 13.0. The summed E-state index contributed by atoms with van der Waals surface area (Å²) in [7, 11) is -4.04. The lowest BCUT2D eigenvalue weighted by Crippen LogP contribution is -2.45. The zero-order valence-electron chi connectivity index (χ0n) is 16.5. The smallest absolute Gasteiger partial charge is 0.289 e. The number of piperidine rings is 1. The molecular formula is C19H28N4O5S. The van der Waals surface area contributed by atoms with Gasteiger partial charge >= 0.3 is 0 Å². The van der Waals surface area contributed by atoms with E-state index in [1.165, 1.54) is 41.4 Å². The van der Waals surface area contributed by atoms with E-state index >= 15 is 0 Å². The van der Waals surface area contributed by atoms with Crippen LogP contribution in [0.5, 0.6) is 0 Å². The standard InChI is InChI=1S/C19H28N4O5S/c24-19(20-10-6-13-21-11-3-4-12-21)16-7-5-14-22(15-16)29(27,28)18-9-2-1-8-17(18)23(25)26/h1-2,8-9,16H,3-7,10-15H2,(H,20,24). The van der Waals surface area contributed by atoms with Crippen molar-refractivity contribution in [1.82, 2.24) is 14.5 Å². The maximum Gasteiger partial charge on any atom is 0.289 e. The summed E-state index contributed by atoms with van der Waals surface area (Å²) >= 11 is 0. The molecule has 1 N–H and O–H groups in total. The van der Waals surface area contributed by atoms with Gasteiger partial charge in [0.25, 0.3) is 5.69 Å². The molecule has 3 rings (SSSR count). The molecule has 2 heterocycles. The molecule has 1 aromatic carbocycles. The van der Waals surface area contributed by atoms with E-state index in [-0.39, 0.29) is 23.9 Å². The van der Waals surface area contributed by atoms with Gasteiger partial charge in [-0.25, -0.2) is 8.42 Å². The molecule has 160 valence electrons. The summed E-state index contributed by atoms with van der Waals surface area (Å²) in [5.41, 5.74) is -0.444. The number of hydrogen-bond acceptors (Lipinski definition) is 6. The van der Waals surface area contributed by atoms with Crippen LogP contribution in [0.15, 0.2) is 29.2 Å². The third kappa shape index (κ3) is 5.31. The van der Waals surface area contributed by atoms with Gasteiger partial charge < -0.3 is 10.2 Å². The summed E-state index contributed by atoms with van der Waals surface area (Å²) in [5.74, 6) is -0.582. The molecule has 0 spiro atoms. The molecule has 2 aliphatic rings. The lowest BCUT2D eigenvalue weighted by atomic mass is 9.99. The van der Waals surface area contributed by atoms with Crippen molar-refractivity contribution in [1.29, 1.82) is 0 Å². The summed E-state index contributed by atoms with van der Waals surface area (Å²) in [5, 5.41) is 14.1. The van der Waals surface area contributed by atoms with Crippen molar-refractivity contribution >= 4 is 21.6 Å². The van der Waals surface area contributed by atoms with Gasteiger partial charge in [-0.15, -0.1) is 0 Å². The van der Waals surface area contributed by atoms with Gasteiger partial charge in [0.15, 0.2) is 4.90 Å². The molecule has 1 amide bonds. The lowest BCUT2D eigenvalue weighted by molar-refractivity contribution is -0.387. The first-order chi connectivity index (χ1) is 13.9. The van der Waals surface area contributed by atoms with E-state index in [9.17, 15) is 23.3 Å². The number of amides is 1. The van der Waals surface area contributed by atoms with Crippen LogP contribution in [0, 0.1) is 16.0 Å². The van der Waals surface area contributed by atoms with Gasteiger partial charge in [0.05, 0.1) is 10.8 Å². The average molecular weight is 425 g/mol. The van der Waals surface area contributed by atoms with Crippen molar-refractivity contribution in [2.24, 2.45) is 5.92 Å². The molecule has 2 aliphatic heterocycles. The molecule has 1 atom stereocenters. The van der Waals surface area contributed by atoms with Crippen LogP contribution in [0.1, 0.15) is 32.1 Å². The highest BCUT2D eigenvalue weighted by molar-refractivity contribution is 7.89. The van der Waals surface area contributed by atoms with Crippen molar-refractivity contribution in [2.45, 2.75) is 37.0 Å². The van der Waals surface area contributed by atoms with E-state index < -0.39 is 26.6 Å². The highest BCUT2D eigenvalue weighted by Gasteiger charge is 2.36. The van der Waals surface area contributed by atoms with Gasteiger partial charge in [-0.05, 0) is 57.8 Å². The predicted octanol–water partition coefficient (Wildman–Crippen LogP) is 1.60. The van der Waals surface area contributed by atoms with Gasteiger partial charge in [0.2, 0.25) is 15.9 Å². The molecule has 0 aliphatic carbocycles. The summed E-state index contributed by atoms with van der Waals surface area (Å²) in [6.07, 6.45) is 4.50. The Morgan fingerprint density at radius 1 is 1.17 bits per heavy atom. The number of para-hydroxylation sites is 1. The largest absolute Gasteiger partial charge is 0.356 e. The van der Waals surface area contributed by atoms with E-state index in [1.54, 1.807) is 0 Å². The topological polar surface area (TPSA) is 113 Å². The number of nitro groups is 1. The molecule has 0 saturated carbocycles. The second-order valence-corrected chi connectivity index (χ2v) is 9.53. The van der Waals surface area contributed by atoms with Crippen LogP contribution < -0.4 is 5.32 Å². The number of nitrogens with zero attached hydrogens (tertiary/aromatic N) is 3. The van der Waals surface area contributed by atoms with Crippen molar-refractivity contribution < 1.29 is 18.1 Å². The van der Waals surface area contributed by atoms with E-state index in [1.807, 2.05) is 0 Å².